The van der Waals surface area contributed by atoms with Crippen molar-refractivity contribution in [3.05, 3.63) is 33.1 Å². The van der Waals surface area contributed by atoms with Crippen LogP contribution >= 0.6 is 22.9 Å². The predicted molar refractivity (Wildman–Crippen MR) is 75.9 cm³/mol. The van der Waals surface area contributed by atoms with E-state index in [2.05, 4.69) is 46.7 Å². The van der Waals surface area contributed by atoms with Gasteiger partial charge < -0.3 is 5.32 Å². The zero-order chi connectivity index (χ0) is 13.1. The van der Waals surface area contributed by atoms with Gasteiger partial charge in [0.1, 0.15) is 5.02 Å². The van der Waals surface area contributed by atoms with Crippen LogP contribution in [0.25, 0.3) is 0 Å². The lowest BCUT2D eigenvalue weighted by Gasteiger charge is -2.14. The van der Waals surface area contributed by atoms with Crippen molar-refractivity contribution in [2.45, 2.75) is 19.9 Å². The molecule has 0 fully saturated rings. The molecule has 5 nitrogen and oxygen atoms in total. The van der Waals surface area contributed by atoms with E-state index in [-0.39, 0.29) is 6.04 Å². The highest BCUT2D eigenvalue weighted by Gasteiger charge is 2.11. The molecule has 0 aliphatic rings. The molecule has 2 rings (SSSR count). The lowest BCUT2D eigenvalue weighted by atomic mass is 10.2. The largest absolute Gasteiger partial charge is 0.361 e. The molecule has 2 aromatic rings. The molecular formula is C11H14ClN5S. The number of nitrogen functional groups attached to an aromatic ring is 1. The van der Waals surface area contributed by atoms with Gasteiger partial charge in [0.2, 0.25) is 5.95 Å². The quantitative estimate of drug-likeness (QED) is 0.594. The first-order chi connectivity index (χ1) is 8.60. The molecule has 0 saturated carbocycles. The Hall–Kier alpha value is -1.37. The number of aryl methyl sites for hydroxylation is 1. The third-order valence-corrected chi connectivity index (χ3v) is 3.87. The van der Waals surface area contributed by atoms with Gasteiger partial charge in [0.05, 0.1) is 12.2 Å². The van der Waals surface area contributed by atoms with Gasteiger partial charge in [-0.25, -0.2) is 10.8 Å². The van der Waals surface area contributed by atoms with Gasteiger partial charge in [-0.1, -0.05) is 11.6 Å². The van der Waals surface area contributed by atoms with Crippen molar-refractivity contribution in [3.8, 4) is 0 Å². The van der Waals surface area contributed by atoms with Crippen molar-refractivity contribution in [1.82, 2.24) is 9.97 Å². The van der Waals surface area contributed by atoms with E-state index in [0.717, 1.165) is 0 Å². The summed E-state index contributed by atoms with van der Waals surface area (Å²) in [5, 5.41) is 3.71. The summed E-state index contributed by atoms with van der Waals surface area (Å²) in [5.74, 6) is 6.17. The van der Waals surface area contributed by atoms with Crippen LogP contribution in [0.4, 0.5) is 11.8 Å². The number of halogens is 1. The number of rotatable bonds is 4. The molecular weight excluding hydrogens is 270 g/mol. The molecule has 2 aromatic heterocycles. The number of hydrogen-bond acceptors (Lipinski definition) is 6. The van der Waals surface area contributed by atoms with Gasteiger partial charge in [-0.05, 0) is 26.0 Å². The van der Waals surface area contributed by atoms with Crippen LogP contribution < -0.4 is 16.6 Å². The first-order valence-corrected chi connectivity index (χ1v) is 6.61. The number of nitrogens with two attached hydrogens (primary N) is 1. The SMILES string of the molecule is Cc1ccc(C(C)Nc2nc(NN)ncc2Cl)s1. The molecule has 96 valence electrons. The summed E-state index contributed by atoms with van der Waals surface area (Å²) in [7, 11) is 0. The lowest BCUT2D eigenvalue weighted by Crippen LogP contribution is -2.13. The van der Waals surface area contributed by atoms with Crippen LogP contribution in [-0.2, 0) is 0 Å². The van der Waals surface area contributed by atoms with Crippen molar-refractivity contribution in [3.63, 3.8) is 0 Å². The normalized spacial score (nSPS) is 12.2. The maximum absolute atomic E-state index is 6.04. The maximum atomic E-state index is 6.04. The van der Waals surface area contributed by atoms with Gasteiger partial charge in [-0.2, -0.15) is 4.98 Å². The van der Waals surface area contributed by atoms with Crippen LogP contribution in [-0.4, -0.2) is 9.97 Å². The van der Waals surface area contributed by atoms with Crippen molar-refractivity contribution < 1.29 is 0 Å². The smallest absolute Gasteiger partial charge is 0.239 e. The Balaban J connectivity index is 2.18. The zero-order valence-electron chi connectivity index (χ0n) is 10.1. The molecule has 0 aliphatic heterocycles. The summed E-state index contributed by atoms with van der Waals surface area (Å²) in [6.07, 6.45) is 1.51. The van der Waals surface area contributed by atoms with Crippen molar-refractivity contribution >= 4 is 34.7 Å². The number of hydrogen-bond donors (Lipinski definition) is 3. The summed E-state index contributed by atoms with van der Waals surface area (Å²) < 4.78 is 0. The second-order valence-corrected chi connectivity index (χ2v) is 5.58. The molecule has 1 unspecified atom stereocenters. The van der Waals surface area contributed by atoms with E-state index in [1.807, 2.05) is 0 Å². The van der Waals surface area contributed by atoms with Crippen LogP contribution in [0.3, 0.4) is 0 Å². The molecule has 0 radical (unpaired) electrons. The Morgan fingerprint density at radius 2 is 2.22 bits per heavy atom. The molecule has 0 aromatic carbocycles. The number of thiophene rings is 1. The van der Waals surface area contributed by atoms with Crippen LogP contribution in [0.15, 0.2) is 18.3 Å². The zero-order valence-corrected chi connectivity index (χ0v) is 11.6. The molecule has 1 atom stereocenters. The van der Waals surface area contributed by atoms with Gasteiger partial charge in [-0.3, -0.25) is 5.43 Å². The summed E-state index contributed by atoms with van der Waals surface area (Å²) >= 11 is 7.78. The number of nitrogens with one attached hydrogen (secondary N) is 2. The van der Waals surface area contributed by atoms with Crippen molar-refractivity contribution in [2.24, 2.45) is 5.84 Å². The van der Waals surface area contributed by atoms with Gasteiger partial charge in [0.15, 0.2) is 5.82 Å². The number of nitrogens with zero attached hydrogens (tertiary/aromatic N) is 2. The highest BCUT2D eigenvalue weighted by Crippen LogP contribution is 2.28. The summed E-state index contributed by atoms with van der Waals surface area (Å²) in [5.41, 5.74) is 2.39. The molecule has 0 aliphatic carbocycles. The second-order valence-electron chi connectivity index (χ2n) is 3.85. The minimum absolute atomic E-state index is 0.127. The number of hydrazine groups is 1. The molecule has 4 N–H and O–H groups in total. The van der Waals surface area contributed by atoms with Gasteiger partial charge in [0.25, 0.3) is 0 Å². The molecule has 7 heteroatoms. The van der Waals surface area contributed by atoms with E-state index in [0.29, 0.717) is 16.8 Å². The fourth-order valence-electron chi connectivity index (χ4n) is 1.50. The third kappa shape index (κ3) is 2.90. The molecule has 0 amide bonds. The molecule has 0 spiro atoms. The summed E-state index contributed by atoms with van der Waals surface area (Å²) in [6.45, 7) is 4.13. The Morgan fingerprint density at radius 1 is 1.44 bits per heavy atom. The first-order valence-electron chi connectivity index (χ1n) is 5.42. The Bertz CT molecular complexity index is 542. The maximum Gasteiger partial charge on any atom is 0.239 e. The van der Waals surface area contributed by atoms with Crippen LogP contribution in [0, 0.1) is 6.92 Å². The first kappa shape index (κ1) is 13.1. The number of aromatic nitrogens is 2. The molecule has 2 heterocycles. The predicted octanol–water partition coefficient (Wildman–Crippen LogP) is 2.96. The van der Waals surface area contributed by atoms with Crippen LogP contribution in [0.5, 0.6) is 0 Å². The van der Waals surface area contributed by atoms with Gasteiger partial charge >= 0.3 is 0 Å². The second kappa shape index (κ2) is 5.51. The lowest BCUT2D eigenvalue weighted by molar-refractivity contribution is 0.893. The summed E-state index contributed by atoms with van der Waals surface area (Å²) in [6, 6.07) is 4.31. The molecule has 0 bridgehead atoms. The monoisotopic (exact) mass is 283 g/mol. The minimum Gasteiger partial charge on any atom is -0.361 e. The van der Waals surface area contributed by atoms with Crippen LogP contribution in [0.2, 0.25) is 5.02 Å². The standard InChI is InChI=1S/C11H14ClN5S/c1-6-3-4-9(18-6)7(2)15-10-8(12)5-14-11(16-10)17-13/h3-5,7H,13H2,1-2H3,(H2,14,15,16,17). The molecule has 0 saturated heterocycles. The fourth-order valence-corrected chi connectivity index (χ4v) is 2.53. The van der Waals surface area contributed by atoms with Gasteiger partial charge in [-0.15, -0.1) is 11.3 Å². The topological polar surface area (TPSA) is 75.9 Å². The van der Waals surface area contributed by atoms with Crippen molar-refractivity contribution in [2.75, 3.05) is 10.7 Å². The average Bonchev–Trinajstić information content (AvgIpc) is 2.79. The third-order valence-electron chi connectivity index (χ3n) is 2.41. The van der Waals surface area contributed by atoms with Crippen LogP contribution in [0.1, 0.15) is 22.7 Å². The van der Waals surface area contributed by atoms with E-state index < -0.39 is 0 Å². The highest BCUT2D eigenvalue weighted by molar-refractivity contribution is 7.12. The van der Waals surface area contributed by atoms with E-state index >= 15 is 0 Å². The summed E-state index contributed by atoms with van der Waals surface area (Å²) in [4.78, 5) is 10.6. The average molecular weight is 284 g/mol. The van der Waals surface area contributed by atoms with E-state index in [9.17, 15) is 0 Å². The van der Waals surface area contributed by atoms with Crippen molar-refractivity contribution in [1.29, 1.82) is 0 Å². The molecule has 18 heavy (non-hydrogen) atoms. The highest BCUT2D eigenvalue weighted by atomic mass is 35.5. The number of anilines is 2. The minimum atomic E-state index is 0.127. The van der Waals surface area contributed by atoms with Gasteiger partial charge in [0, 0.05) is 9.75 Å². The Morgan fingerprint density at radius 3 is 2.83 bits per heavy atom. The fraction of sp³-hybridized carbons (Fsp3) is 0.273. The Labute approximate surface area is 114 Å². The van der Waals surface area contributed by atoms with E-state index in [4.69, 9.17) is 17.4 Å². The Kier molecular flexibility index (Phi) is 4.00. The van der Waals surface area contributed by atoms with E-state index in [1.165, 1.54) is 16.0 Å². The van der Waals surface area contributed by atoms with E-state index in [1.54, 1.807) is 11.3 Å².